The van der Waals surface area contributed by atoms with Crippen LogP contribution in [-0.4, -0.2) is 39.2 Å². The summed E-state index contributed by atoms with van der Waals surface area (Å²) in [6.07, 6.45) is 2.22. The average Bonchev–Trinajstić information content (AvgIpc) is 2.79. The van der Waals surface area contributed by atoms with E-state index < -0.39 is 22.9 Å². The van der Waals surface area contributed by atoms with Crippen LogP contribution in [0.15, 0.2) is 9.59 Å². The summed E-state index contributed by atoms with van der Waals surface area (Å²) in [4.78, 5) is 26.2. The van der Waals surface area contributed by atoms with E-state index >= 15 is 0 Å². The summed E-state index contributed by atoms with van der Waals surface area (Å²) < 4.78 is 13.9. The van der Waals surface area contributed by atoms with Crippen LogP contribution in [0.4, 0.5) is 4.39 Å². The molecule has 6 nitrogen and oxygen atoms in total. The van der Waals surface area contributed by atoms with Gasteiger partial charge in [0.05, 0.1) is 0 Å². The third kappa shape index (κ3) is 2.38. The molecule has 94 valence electrons. The second kappa shape index (κ2) is 4.70. The van der Waals surface area contributed by atoms with Crippen LogP contribution >= 0.6 is 0 Å². The first-order valence-corrected chi connectivity index (χ1v) is 5.53. The molecule has 2 N–H and O–H groups in total. The Hall–Kier alpha value is -1.63. The molecule has 0 bridgehead atoms. The minimum Gasteiger partial charge on any atom is -0.492 e. The van der Waals surface area contributed by atoms with Crippen molar-refractivity contribution in [2.75, 3.05) is 19.6 Å². The fourth-order valence-electron chi connectivity index (χ4n) is 1.99. The van der Waals surface area contributed by atoms with Crippen molar-refractivity contribution in [1.82, 2.24) is 14.5 Å². The number of hydrogen-bond donors (Lipinski definition) is 2. The predicted molar refractivity (Wildman–Crippen MR) is 58.6 cm³/mol. The molecule has 0 atom stereocenters. The zero-order valence-corrected chi connectivity index (χ0v) is 9.28. The minimum absolute atomic E-state index is 0.165. The van der Waals surface area contributed by atoms with Gasteiger partial charge in [0.15, 0.2) is 0 Å². The van der Waals surface area contributed by atoms with Crippen LogP contribution in [0.3, 0.4) is 0 Å². The molecule has 0 aliphatic carbocycles. The van der Waals surface area contributed by atoms with Crippen LogP contribution in [0.2, 0.25) is 0 Å². The Labute approximate surface area is 96.3 Å². The number of halogens is 1. The number of aromatic nitrogens is 2. The summed E-state index contributed by atoms with van der Waals surface area (Å²) in [5.41, 5.74) is -1.97. The average molecular weight is 243 g/mol. The van der Waals surface area contributed by atoms with Crippen molar-refractivity contribution < 1.29 is 9.50 Å². The lowest BCUT2D eigenvalue weighted by Gasteiger charge is -2.15. The van der Waals surface area contributed by atoms with Crippen LogP contribution in [-0.2, 0) is 6.54 Å². The van der Waals surface area contributed by atoms with Crippen LogP contribution in [0.25, 0.3) is 0 Å². The Morgan fingerprint density at radius 1 is 1.24 bits per heavy atom. The number of rotatable bonds is 3. The van der Waals surface area contributed by atoms with E-state index in [1.807, 2.05) is 4.98 Å². The Morgan fingerprint density at radius 3 is 2.53 bits per heavy atom. The molecule has 0 saturated carbocycles. The van der Waals surface area contributed by atoms with Crippen molar-refractivity contribution >= 4 is 0 Å². The van der Waals surface area contributed by atoms with Crippen LogP contribution < -0.4 is 11.2 Å². The fraction of sp³-hybridized carbons (Fsp3) is 0.600. The molecule has 1 fully saturated rings. The molecule has 2 rings (SSSR count). The molecule has 0 spiro atoms. The Morgan fingerprint density at radius 2 is 1.88 bits per heavy atom. The van der Waals surface area contributed by atoms with E-state index in [0.29, 0.717) is 6.54 Å². The molecule has 1 aromatic rings. The van der Waals surface area contributed by atoms with Gasteiger partial charge >= 0.3 is 5.69 Å². The maximum atomic E-state index is 13.1. The van der Waals surface area contributed by atoms with Gasteiger partial charge in [-0.3, -0.25) is 14.3 Å². The van der Waals surface area contributed by atoms with Crippen molar-refractivity contribution in [3.8, 4) is 5.88 Å². The second-order valence-electron chi connectivity index (χ2n) is 4.10. The van der Waals surface area contributed by atoms with E-state index in [0.717, 1.165) is 30.5 Å². The highest BCUT2D eigenvalue weighted by atomic mass is 19.1. The summed E-state index contributed by atoms with van der Waals surface area (Å²) >= 11 is 0. The van der Waals surface area contributed by atoms with Gasteiger partial charge in [0, 0.05) is 13.1 Å². The number of aromatic amines is 1. The van der Waals surface area contributed by atoms with Crippen molar-refractivity contribution in [3.05, 3.63) is 26.7 Å². The predicted octanol–water partition coefficient (Wildman–Crippen LogP) is -0.523. The van der Waals surface area contributed by atoms with Gasteiger partial charge in [-0.15, -0.1) is 0 Å². The monoisotopic (exact) mass is 243 g/mol. The topological polar surface area (TPSA) is 78.3 Å². The molecule has 0 unspecified atom stereocenters. The molecule has 2 heterocycles. The van der Waals surface area contributed by atoms with Crippen molar-refractivity contribution in [2.45, 2.75) is 19.4 Å². The molecule has 0 aromatic carbocycles. The van der Waals surface area contributed by atoms with Crippen LogP contribution in [0.5, 0.6) is 5.88 Å². The highest BCUT2D eigenvalue weighted by Gasteiger charge is 2.16. The van der Waals surface area contributed by atoms with Crippen molar-refractivity contribution in [3.63, 3.8) is 0 Å². The summed E-state index contributed by atoms with van der Waals surface area (Å²) in [6.45, 7) is 2.61. The second-order valence-corrected chi connectivity index (χ2v) is 4.10. The maximum Gasteiger partial charge on any atom is 0.331 e. The van der Waals surface area contributed by atoms with E-state index in [4.69, 9.17) is 0 Å². The molecule has 0 radical (unpaired) electrons. The number of nitrogens with zero attached hydrogens (tertiary/aromatic N) is 2. The number of likely N-dealkylation sites (tertiary alicyclic amines) is 1. The van der Waals surface area contributed by atoms with Gasteiger partial charge in [-0.1, -0.05) is 0 Å². The quantitative estimate of drug-likeness (QED) is 0.748. The molecular formula is C10H14FN3O3. The normalized spacial score (nSPS) is 16.5. The van der Waals surface area contributed by atoms with Gasteiger partial charge in [0.2, 0.25) is 11.7 Å². The molecule has 1 aliphatic heterocycles. The van der Waals surface area contributed by atoms with E-state index in [-0.39, 0.29) is 6.54 Å². The molecule has 1 aromatic heterocycles. The summed E-state index contributed by atoms with van der Waals surface area (Å²) in [5, 5.41) is 9.38. The van der Waals surface area contributed by atoms with Gasteiger partial charge < -0.3 is 10.0 Å². The lowest BCUT2D eigenvalue weighted by molar-refractivity contribution is 0.296. The Kier molecular flexibility index (Phi) is 3.28. The van der Waals surface area contributed by atoms with Gasteiger partial charge in [0.25, 0.3) is 5.56 Å². The zero-order chi connectivity index (χ0) is 12.4. The van der Waals surface area contributed by atoms with Crippen molar-refractivity contribution in [2.24, 2.45) is 0 Å². The summed E-state index contributed by atoms with van der Waals surface area (Å²) in [7, 11) is 0. The summed E-state index contributed by atoms with van der Waals surface area (Å²) in [5.74, 6) is -2.20. The smallest absolute Gasteiger partial charge is 0.331 e. The first-order valence-electron chi connectivity index (χ1n) is 5.53. The molecular weight excluding hydrogens is 229 g/mol. The highest BCUT2D eigenvalue weighted by Crippen LogP contribution is 2.10. The van der Waals surface area contributed by atoms with E-state index in [9.17, 15) is 19.1 Å². The first kappa shape index (κ1) is 11.8. The maximum absolute atomic E-state index is 13.1. The fourth-order valence-corrected chi connectivity index (χ4v) is 1.99. The zero-order valence-electron chi connectivity index (χ0n) is 9.28. The molecule has 7 heteroatoms. The summed E-state index contributed by atoms with van der Waals surface area (Å²) in [6, 6.07) is 0. The number of hydrogen-bond acceptors (Lipinski definition) is 4. The van der Waals surface area contributed by atoms with Crippen LogP contribution in [0, 0.1) is 5.82 Å². The lowest BCUT2D eigenvalue weighted by Crippen LogP contribution is -2.35. The lowest BCUT2D eigenvalue weighted by atomic mass is 10.4. The van der Waals surface area contributed by atoms with E-state index in [2.05, 4.69) is 4.90 Å². The third-order valence-electron chi connectivity index (χ3n) is 2.96. The SMILES string of the molecule is O=c1[nH]c(=O)n(CCN2CCCC2)c(O)c1F. The standard InChI is InChI=1S/C10H14FN3O3/c11-7-8(15)12-10(17)14(9(7)16)6-5-13-3-1-2-4-13/h16H,1-6H2,(H,12,15,17). The van der Waals surface area contributed by atoms with Crippen LogP contribution in [0.1, 0.15) is 12.8 Å². The van der Waals surface area contributed by atoms with Gasteiger partial charge in [-0.05, 0) is 25.9 Å². The molecule has 1 aliphatic rings. The first-order chi connectivity index (χ1) is 8.09. The third-order valence-corrected chi connectivity index (χ3v) is 2.96. The molecule has 0 amide bonds. The van der Waals surface area contributed by atoms with Crippen molar-refractivity contribution in [1.29, 1.82) is 0 Å². The molecule has 1 saturated heterocycles. The number of aromatic hydroxyl groups is 1. The Balaban J connectivity index is 2.17. The van der Waals surface area contributed by atoms with E-state index in [1.165, 1.54) is 0 Å². The number of H-pyrrole nitrogens is 1. The van der Waals surface area contributed by atoms with Gasteiger partial charge in [0.1, 0.15) is 0 Å². The van der Waals surface area contributed by atoms with E-state index in [1.54, 1.807) is 0 Å². The minimum atomic E-state index is -1.31. The molecule has 17 heavy (non-hydrogen) atoms. The number of nitrogens with one attached hydrogen (secondary N) is 1. The van der Waals surface area contributed by atoms with Gasteiger partial charge in [-0.25, -0.2) is 4.79 Å². The highest BCUT2D eigenvalue weighted by molar-refractivity contribution is 5.09. The largest absolute Gasteiger partial charge is 0.492 e. The Bertz CT molecular complexity index is 517. The van der Waals surface area contributed by atoms with Gasteiger partial charge in [-0.2, -0.15) is 4.39 Å².